The maximum atomic E-state index is 11.7. The average molecular weight is 235 g/mol. The summed E-state index contributed by atoms with van der Waals surface area (Å²) >= 11 is 0. The van der Waals surface area contributed by atoms with Gasteiger partial charge in [-0.15, -0.1) is 0 Å². The van der Waals surface area contributed by atoms with Gasteiger partial charge in [0, 0.05) is 18.7 Å². The Morgan fingerprint density at radius 1 is 1.41 bits per heavy atom. The van der Waals surface area contributed by atoms with E-state index in [1.165, 1.54) is 0 Å². The first kappa shape index (κ1) is 13.7. The molecule has 1 amide bonds. The standard InChI is InChI=1S/C13H21N3O/c1-3-16(11(2)14)10-9-15-13(17)12-7-5-4-6-8-12/h4-8,11H,3,9-10,14H2,1-2H3,(H,15,17). The lowest BCUT2D eigenvalue weighted by atomic mass is 10.2. The normalized spacial score (nSPS) is 12.5. The second-order valence-electron chi connectivity index (χ2n) is 3.99. The molecule has 94 valence electrons. The molecule has 1 aromatic carbocycles. The summed E-state index contributed by atoms with van der Waals surface area (Å²) in [5, 5.41) is 2.88. The second-order valence-corrected chi connectivity index (χ2v) is 3.99. The van der Waals surface area contributed by atoms with Crippen LogP contribution in [0, 0.1) is 0 Å². The molecule has 4 nitrogen and oxygen atoms in total. The first-order valence-electron chi connectivity index (χ1n) is 5.98. The predicted molar refractivity (Wildman–Crippen MR) is 69.7 cm³/mol. The zero-order valence-electron chi connectivity index (χ0n) is 10.5. The summed E-state index contributed by atoms with van der Waals surface area (Å²) in [5.74, 6) is -0.0358. The minimum absolute atomic E-state index is 0.0219. The molecule has 0 fully saturated rings. The third-order valence-electron chi connectivity index (χ3n) is 2.70. The summed E-state index contributed by atoms with van der Waals surface area (Å²) in [5.41, 5.74) is 6.48. The summed E-state index contributed by atoms with van der Waals surface area (Å²) in [6, 6.07) is 9.22. The van der Waals surface area contributed by atoms with E-state index in [0.717, 1.165) is 13.1 Å². The first-order chi connectivity index (χ1) is 8.15. The Bertz CT molecular complexity index is 338. The molecule has 0 aliphatic heterocycles. The van der Waals surface area contributed by atoms with Gasteiger partial charge in [0.1, 0.15) is 0 Å². The Morgan fingerprint density at radius 3 is 2.59 bits per heavy atom. The van der Waals surface area contributed by atoms with Crippen LogP contribution in [0.4, 0.5) is 0 Å². The van der Waals surface area contributed by atoms with Gasteiger partial charge in [0.15, 0.2) is 0 Å². The molecule has 1 rings (SSSR count). The van der Waals surface area contributed by atoms with Gasteiger partial charge in [0.2, 0.25) is 0 Å². The van der Waals surface area contributed by atoms with Crippen molar-refractivity contribution in [1.29, 1.82) is 0 Å². The molecule has 0 aliphatic carbocycles. The Kier molecular flexibility index (Phi) is 5.66. The molecule has 0 aromatic heterocycles. The van der Waals surface area contributed by atoms with Crippen LogP contribution in [0.1, 0.15) is 24.2 Å². The number of nitrogens with two attached hydrogens (primary N) is 1. The van der Waals surface area contributed by atoms with Crippen molar-refractivity contribution < 1.29 is 4.79 Å². The summed E-state index contributed by atoms with van der Waals surface area (Å²) in [6.45, 7) is 6.28. The largest absolute Gasteiger partial charge is 0.351 e. The van der Waals surface area contributed by atoms with Gasteiger partial charge in [-0.2, -0.15) is 0 Å². The van der Waals surface area contributed by atoms with E-state index in [0.29, 0.717) is 12.1 Å². The second kappa shape index (κ2) is 7.04. The third kappa shape index (κ3) is 4.54. The van der Waals surface area contributed by atoms with Crippen molar-refractivity contribution in [3.63, 3.8) is 0 Å². The van der Waals surface area contributed by atoms with E-state index in [1.807, 2.05) is 25.1 Å². The number of hydrogen-bond acceptors (Lipinski definition) is 3. The van der Waals surface area contributed by atoms with Crippen LogP contribution < -0.4 is 11.1 Å². The fourth-order valence-corrected chi connectivity index (χ4v) is 1.65. The molecule has 0 saturated carbocycles. The van der Waals surface area contributed by atoms with Crippen LogP contribution in [0.5, 0.6) is 0 Å². The Labute approximate surface area is 103 Å². The molecular weight excluding hydrogens is 214 g/mol. The molecule has 0 saturated heterocycles. The fourth-order valence-electron chi connectivity index (χ4n) is 1.65. The molecule has 0 bridgehead atoms. The molecule has 0 aliphatic rings. The number of amides is 1. The van der Waals surface area contributed by atoms with Gasteiger partial charge < -0.3 is 11.1 Å². The lowest BCUT2D eigenvalue weighted by Gasteiger charge is -2.24. The third-order valence-corrected chi connectivity index (χ3v) is 2.70. The van der Waals surface area contributed by atoms with Gasteiger partial charge in [-0.3, -0.25) is 9.69 Å². The quantitative estimate of drug-likeness (QED) is 0.724. The number of nitrogens with one attached hydrogen (secondary N) is 1. The maximum absolute atomic E-state index is 11.7. The van der Waals surface area contributed by atoms with Crippen molar-refractivity contribution in [3.8, 4) is 0 Å². The topological polar surface area (TPSA) is 58.4 Å². The first-order valence-corrected chi connectivity index (χ1v) is 5.98. The number of rotatable bonds is 6. The van der Waals surface area contributed by atoms with E-state index in [1.54, 1.807) is 12.1 Å². The summed E-state index contributed by atoms with van der Waals surface area (Å²) in [6.07, 6.45) is 0.0219. The van der Waals surface area contributed by atoms with Crippen molar-refractivity contribution in [3.05, 3.63) is 35.9 Å². The average Bonchev–Trinajstić information content (AvgIpc) is 2.35. The Hall–Kier alpha value is -1.39. The highest BCUT2D eigenvalue weighted by Crippen LogP contribution is 1.97. The van der Waals surface area contributed by atoms with Crippen LogP contribution in [0.25, 0.3) is 0 Å². The molecule has 3 N–H and O–H groups in total. The smallest absolute Gasteiger partial charge is 0.251 e. The lowest BCUT2D eigenvalue weighted by Crippen LogP contribution is -2.43. The van der Waals surface area contributed by atoms with E-state index in [2.05, 4.69) is 17.1 Å². The van der Waals surface area contributed by atoms with E-state index >= 15 is 0 Å². The molecule has 1 aromatic rings. The van der Waals surface area contributed by atoms with Crippen LogP contribution in [0.15, 0.2) is 30.3 Å². The van der Waals surface area contributed by atoms with Gasteiger partial charge in [-0.1, -0.05) is 25.1 Å². The van der Waals surface area contributed by atoms with Crippen molar-refractivity contribution in [2.75, 3.05) is 19.6 Å². The van der Waals surface area contributed by atoms with Crippen molar-refractivity contribution >= 4 is 5.91 Å². The summed E-state index contributed by atoms with van der Waals surface area (Å²) in [4.78, 5) is 13.8. The van der Waals surface area contributed by atoms with Gasteiger partial charge in [0.25, 0.3) is 5.91 Å². The molecule has 4 heteroatoms. The van der Waals surface area contributed by atoms with E-state index in [-0.39, 0.29) is 12.1 Å². The lowest BCUT2D eigenvalue weighted by molar-refractivity contribution is 0.0945. The van der Waals surface area contributed by atoms with Crippen molar-refractivity contribution in [2.45, 2.75) is 20.0 Å². The van der Waals surface area contributed by atoms with Crippen LogP contribution in [0.2, 0.25) is 0 Å². The molecule has 0 radical (unpaired) electrons. The Balaban J connectivity index is 2.34. The van der Waals surface area contributed by atoms with Crippen LogP contribution in [0.3, 0.4) is 0 Å². The SMILES string of the molecule is CCN(CCNC(=O)c1ccccc1)C(C)N. The number of likely N-dealkylation sites (N-methyl/N-ethyl adjacent to an activating group) is 1. The molecule has 1 unspecified atom stereocenters. The number of benzene rings is 1. The highest BCUT2D eigenvalue weighted by molar-refractivity contribution is 5.94. The van der Waals surface area contributed by atoms with Crippen molar-refractivity contribution in [2.24, 2.45) is 5.73 Å². The van der Waals surface area contributed by atoms with Crippen LogP contribution in [-0.4, -0.2) is 36.6 Å². The number of hydrogen-bond donors (Lipinski definition) is 2. The van der Waals surface area contributed by atoms with Gasteiger partial charge in [-0.25, -0.2) is 0 Å². The van der Waals surface area contributed by atoms with Gasteiger partial charge >= 0.3 is 0 Å². The van der Waals surface area contributed by atoms with E-state index in [9.17, 15) is 4.79 Å². The van der Waals surface area contributed by atoms with E-state index in [4.69, 9.17) is 5.73 Å². The molecule has 1 atom stereocenters. The monoisotopic (exact) mass is 235 g/mol. The number of nitrogens with zero attached hydrogens (tertiary/aromatic N) is 1. The van der Waals surface area contributed by atoms with E-state index < -0.39 is 0 Å². The maximum Gasteiger partial charge on any atom is 0.251 e. The number of carbonyl (C=O) groups excluding carboxylic acids is 1. The predicted octanol–water partition coefficient (Wildman–Crippen LogP) is 1.04. The summed E-state index contributed by atoms with van der Waals surface area (Å²) < 4.78 is 0. The molecule has 0 heterocycles. The molecule has 0 spiro atoms. The Morgan fingerprint density at radius 2 is 2.06 bits per heavy atom. The summed E-state index contributed by atoms with van der Waals surface area (Å²) in [7, 11) is 0. The van der Waals surface area contributed by atoms with Gasteiger partial charge in [0.05, 0.1) is 6.17 Å². The highest BCUT2D eigenvalue weighted by Gasteiger charge is 2.08. The zero-order valence-corrected chi connectivity index (χ0v) is 10.5. The van der Waals surface area contributed by atoms with Crippen LogP contribution >= 0.6 is 0 Å². The number of carbonyl (C=O) groups is 1. The highest BCUT2D eigenvalue weighted by atomic mass is 16.1. The zero-order chi connectivity index (χ0) is 12.7. The minimum atomic E-state index is -0.0358. The van der Waals surface area contributed by atoms with Crippen LogP contribution in [-0.2, 0) is 0 Å². The van der Waals surface area contributed by atoms with Gasteiger partial charge in [-0.05, 0) is 25.6 Å². The molecular formula is C13H21N3O. The molecule has 17 heavy (non-hydrogen) atoms. The fraction of sp³-hybridized carbons (Fsp3) is 0.462. The van der Waals surface area contributed by atoms with Crippen molar-refractivity contribution in [1.82, 2.24) is 10.2 Å². The minimum Gasteiger partial charge on any atom is -0.351 e.